The fourth-order valence-electron chi connectivity index (χ4n) is 4.51. The summed E-state index contributed by atoms with van der Waals surface area (Å²) in [4.78, 5) is 19.1. The van der Waals surface area contributed by atoms with Crippen molar-refractivity contribution in [1.29, 1.82) is 0 Å². The van der Waals surface area contributed by atoms with E-state index in [9.17, 15) is 9.18 Å². The largest absolute Gasteiger partial charge is 0.336 e. The topological polar surface area (TPSA) is 23.6 Å². The Morgan fingerprint density at radius 2 is 1.81 bits per heavy atom. The molecule has 0 aliphatic carbocycles. The highest BCUT2D eigenvalue weighted by Crippen LogP contribution is 2.35. The van der Waals surface area contributed by atoms with Crippen molar-refractivity contribution in [1.82, 2.24) is 9.80 Å². The van der Waals surface area contributed by atoms with Gasteiger partial charge < -0.3 is 4.90 Å². The molecule has 4 rings (SSSR count). The molecule has 3 aromatic rings. The van der Waals surface area contributed by atoms with E-state index in [4.69, 9.17) is 0 Å². The number of benzene rings is 2. The molecule has 2 heterocycles. The molecule has 1 amide bonds. The van der Waals surface area contributed by atoms with Crippen molar-refractivity contribution in [3.8, 4) is 0 Å². The molecule has 1 aliphatic heterocycles. The number of rotatable bonds is 7. The van der Waals surface area contributed by atoms with Crippen molar-refractivity contribution in [2.75, 3.05) is 19.6 Å². The van der Waals surface area contributed by atoms with Crippen LogP contribution in [0.4, 0.5) is 4.39 Å². The summed E-state index contributed by atoms with van der Waals surface area (Å²) in [7, 11) is 0. The molecule has 0 saturated carbocycles. The highest BCUT2D eigenvalue weighted by molar-refractivity contribution is 7.09. The SMILES string of the molecule is CC(C)N(C[C@@H]1CN(Cc2cccs2)C[C@H]1c1ccccc1)C(=O)c1ccc(F)cc1. The fourth-order valence-corrected chi connectivity index (χ4v) is 5.26. The first kappa shape index (κ1) is 21.7. The van der Waals surface area contributed by atoms with Crippen LogP contribution in [0.25, 0.3) is 0 Å². The molecule has 1 saturated heterocycles. The van der Waals surface area contributed by atoms with Crippen molar-refractivity contribution in [3.63, 3.8) is 0 Å². The molecule has 31 heavy (non-hydrogen) atoms. The zero-order valence-corrected chi connectivity index (χ0v) is 18.9. The van der Waals surface area contributed by atoms with E-state index in [1.165, 1.54) is 22.6 Å². The average molecular weight is 437 g/mol. The second-order valence-corrected chi connectivity index (χ2v) is 9.64. The van der Waals surface area contributed by atoms with Crippen molar-refractivity contribution in [3.05, 3.63) is 93.9 Å². The average Bonchev–Trinajstić information content (AvgIpc) is 3.42. The van der Waals surface area contributed by atoms with Gasteiger partial charge in [0.15, 0.2) is 0 Å². The highest BCUT2D eigenvalue weighted by atomic mass is 32.1. The van der Waals surface area contributed by atoms with E-state index in [-0.39, 0.29) is 17.8 Å². The maximum atomic E-state index is 13.3. The van der Waals surface area contributed by atoms with E-state index in [2.05, 4.69) is 66.6 Å². The molecule has 0 bridgehead atoms. The van der Waals surface area contributed by atoms with Gasteiger partial charge in [-0.15, -0.1) is 11.3 Å². The zero-order chi connectivity index (χ0) is 21.8. The quantitative estimate of drug-likeness (QED) is 0.478. The number of hydrogen-bond acceptors (Lipinski definition) is 3. The normalized spacial score (nSPS) is 19.1. The number of hydrogen-bond donors (Lipinski definition) is 0. The first-order valence-electron chi connectivity index (χ1n) is 10.9. The third-order valence-corrected chi connectivity index (χ3v) is 6.97. The second-order valence-electron chi connectivity index (χ2n) is 8.61. The molecule has 0 radical (unpaired) electrons. The summed E-state index contributed by atoms with van der Waals surface area (Å²) in [5.74, 6) is 0.368. The molecule has 0 spiro atoms. The molecule has 1 aliphatic rings. The van der Waals surface area contributed by atoms with Crippen LogP contribution in [0.15, 0.2) is 72.1 Å². The van der Waals surface area contributed by atoms with E-state index >= 15 is 0 Å². The Morgan fingerprint density at radius 1 is 1.06 bits per heavy atom. The summed E-state index contributed by atoms with van der Waals surface area (Å²) in [6.07, 6.45) is 0. The smallest absolute Gasteiger partial charge is 0.254 e. The lowest BCUT2D eigenvalue weighted by molar-refractivity contribution is 0.0668. The lowest BCUT2D eigenvalue weighted by atomic mass is 9.88. The van der Waals surface area contributed by atoms with Gasteiger partial charge in [0.2, 0.25) is 0 Å². The molecule has 162 valence electrons. The maximum absolute atomic E-state index is 13.3. The Morgan fingerprint density at radius 3 is 2.45 bits per heavy atom. The Kier molecular flexibility index (Phi) is 6.83. The number of nitrogens with zero attached hydrogens (tertiary/aromatic N) is 2. The van der Waals surface area contributed by atoms with Crippen LogP contribution in [-0.2, 0) is 6.54 Å². The summed E-state index contributed by atoms with van der Waals surface area (Å²) in [6.45, 7) is 7.69. The minimum absolute atomic E-state index is 0.0291. The molecule has 1 aromatic heterocycles. The van der Waals surface area contributed by atoms with Crippen molar-refractivity contribution < 1.29 is 9.18 Å². The monoisotopic (exact) mass is 436 g/mol. The molecular weight excluding hydrogens is 407 g/mol. The van der Waals surface area contributed by atoms with E-state index in [1.807, 2.05) is 4.90 Å². The fraction of sp³-hybridized carbons (Fsp3) is 0.346. The van der Waals surface area contributed by atoms with E-state index < -0.39 is 0 Å². The van der Waals surface area contributed by atoms with Crippen LogP contribution in [0.3, 0.4) is 0 Å². The van der Waals surface area contributed by atoms with Crippen LogP contribution in [0.2, 0.25) is 0 Å². The lowest BCUT2D eigenvalue weighted by Gasteiger charge is -2.32. The Balaban J connectivity index is 1.55. The van der Waals surface area contributed by atoms with Gasteiger partial charge in [0.1, 0.15) is 5.82 Å². The summed E-state index contributed by atoms with van der Waals surface area (Å²) >= 11 is 1.79. The number of carbonyl (C=O) groups excluding carboxylic acids is 1. The predicted molar refractivity (Wildman–Crippen MR) is 125 cm³/mol. The third-order valence-electron chi connectivity index (χ3n) is 6.11. The van der Waals surface area contributed by atoms with Gasteiger partial charge in [0.25, 0.3) is 5.91 Å². The highest BCUT2D eigenvalue weighted by Gasteiger charge is 2.36. The van der Waals surface area contributed by atoms with Crippen molar-refractivity contribution >= 4 is 17.2 Å². The minimum Gasteiger partial charge on any atom is -0.336 e. The van der Waals surface area contributed by atoms with Gasteiger partial charge in [0.05, 0.1) is 0 Å². The van der Waals surface area contributed by atoms with Gasteiger partial charge >= 0.3 is 0 Å². The number of carbonyl (C=O) groups is 1. The van der Waals surface area contributed by atoms with Crippen LogP contribution in [-0.4, -0.2) is 41.4 Å². The number of halogens is 1. The van der Waals surface area contributed by atoms with Gasteiger partial charge in [-0.05, 0) is 61.0 Å². The summed E-state index contributed by atoms with van der Waals surface area (Å²) < 4.78 is 13.3. The number of thiophene rings is 1. The van der Waals surface area contributed by atoms with Crippen LogP contribution in [0.5, 0.6) is 0 Å². The van der Waals surface area contributed by atoms with Crippen LogP contribution < -0.4 is 0 Å². The first-order chi connectivity index (χ1) is 15.0. The maximum Gasteiger partial charge on any atom is 0.254 e. The molecule has 5 heteroatoms. The van der Waals surface area contributed by atoms with Crippen molar-refractivity contribution in [2.24, 2.45) is 5.92 Å². The van der Waals surface area contributed by atoms with E-state index in [0.29, 0.717) is 23.9 Å². The molecule has 1 fully saturated rings. The van der Waals surface area contributed by atoms with Crippen LogP contribution in [0, 0.1) is 11.7 Å². The third kappa shape index (κ3) is 5.23. The molecule has 3 nitrogen and oxygen atoms in total. The zero-order valence-electron chi connectivity index (χ0n) is 18.1. The summed E-state index contributed by atoms with van der Waals surface area (Å²) in [5, 5.41) is 2.12. The molecule has 0 unspecified atom stereocenters. The van der Waals surface area contributed by atoms with E-state index in [1.54, 1.807) is 23.5 Å². The number of likely N-dealkylation sites (tertiary alicyclic amines) is 1. The van der Waals surface area contributed by atoms with Crippen LogP contribution in [0.1, 0.15) is 40.6 Å². The minimum atomic E-state index is -0.322. The molecule has 2 atom stereocenters. The Labute approximate surface area is 188 Å². The standard InChI is InChI=1S/C26H29FN2OS/c1-19(2)29(26(30)21-10-12-23(27)13-11-21)16-22-15-28(17-24-9-6-14-31-24)18-25(22)20-7-4-3-5-8-20/h3-14,19,22,25H,15-18H2,1-2H3/t22-,25-/m0/s1. The van der Waals surface area contributed by atoms with Gasteiger partial charge in [-0.1, -0.05) is 36.4 Å². The summed E-state index contributed by atoms with van der Waals surface area (Å²) in [6, 6.07) is 20.9. The predicted octanol–water partition coefficient (Wildman–Crippen LogP) is 5.65. The summed E-state index contributed by atoms with van der Waals surface area (Å²) in [5.41, 5.74) is 1.87. The molecule has 0 N–H and O–H groups in total. The second kappa shape index (κ2) is 9.75. The number of amides is 1. The van der Waals surface area contributed by atoms with Gasteiger partial charge in [-0.25, -0.2) is 4.39 Å². The van der Waals surface area contributed by atoms with Gasteiger partial charge in [0, 0.05) is 48.6 Å². The molecule has 2 aromatic carbocycles. The lowest BCUT2D eigenvalue weighted by Crippen LogP contribution is -2.42. The first-order valence-corrected chi connectivity index (χ1v) is 11.8. The van der Waals surface area contributed by atoms with Crippen molar-refractivity contribution in [2.45, 2.75) is 32.4 Å². The van der Waals surface area contributed by atoms with Gasteiger partial charge in [-0.3, -0.25) is 9.69 Å². The molecular formula is C26H29FN2OS. The Hall–Kier alpha value is -2.50. The van der Waals surface area contributed by atoms with E-state index in [0.717, 1.165) is 19.6 Å². The van der Waals surface area contributed by atoms with Gasteiger partial charge in [-0.2, -0.15) is 0 Å². The van der Waals surface area contributed by atoms with Crippen LogP contribution >= 0.6 is 11.3 Å². The Bertz CT molecular complexity index is 972.